The van der Waals surface area contributed by atoms with Gasteiger partial charge >= 0.3 is 0 Å². The summed E-state index contributed by atoms with van der Waals surface area (Å²) >= 11 is 1.28. The van der Waals surface area contributed by atoms with E-state index in [0.29, 0.717) is 17.2 Å². The van der Waals surface area contributed by atoms with Gasteiger partial charge in [0.2, 0.25) is 5.01 Å². The van der Waals surface area contributed by atoms with E-state index in [-0.39, 0.29) is 11.7 Å². The lowest BCUT2D eigenvalue weighted by Crippen LogP contribution is -2.23. The third-order valence-electron chi connectivity index (χ3n) is 3.91. The number of nitrogens with one attached hydrogen (secondary N) is 1. The van der Waals surface area contributed by atoms with Gasteiger partial charge in [0.15, 0.2) is 0 Å². The molecular formula is C20H21FN4OS. The molecule has 1 heterocycles. The number of nitrogens with zero attached hydrogens (tertiary/aromatic N) is 3. The summed E-state index contributed by atoms with van der Waals surface area (Å²) in [5, 5.41) is 12.0. The van der Waals surface area contributed by atoms with E-state index in [0.717, 1.165) is 24.5 Å². The largest absolute Gasteiger partial charge is 0.320 e. The predicted octanol–water partition coefficient (Wildman–Crippen LogP) is 4.34. The van der Waals surface area contributed by atoms with Crippen LogP contribution in [0.2, 0.25) is 0 Å². The maximum atomic E-state index is 13.0. The standard InChI is InChI=1S/C20H21FN4OS/c1-2-12-25(13-15-6-4-3-5-7-15)14-18-23-24-20(27-18)19(26)22-17-10-8-16(21)9-11-17/h3-11H,2,12-14H2,1H3,(H,22,26). The Morgan fingerprint density at radius 2 is 1.81 bits per heavy atom. The summed E-state index contributed by atoms with van der Waals surface area (Å²) < 4.78 is 13.0. The number of hydrogen-bond acceptors (Lipinski definition) is 5. The van der Waals surface area contributed by atoms with Gasteiger partial charge in [0.1, 0.15) is 10.8 Å². The van der Waals surface area contributed by atoms with Crippen LogP contribution in [0.3, 0.4) is 0 Å². The first-order valence-electron chi connectivity index (χ1n) is 8.79. The van der Waals surface area contributed by atoms with Crippen LogP contribution in [0, 0.1) is 5.82 Å². The molecule has 1 amide bonds. The van der Waals surface area contributed by atoms with Crippen LogP contribution >= 0.6 is 11.3 Å². The quantitative estimate of drug-likeness (QED) is 0.628. The molecule has 0 aliphatic rings. The van der Waals surface area contributed by atoms with Crippen molar-refractivity contribution in [2.45, 2.75) is 26.4 Å². The van der Waals surface area contributed by atoms with Gasteiger partial charge in [-0.25, -0.2) is 4.39 Å². The molecule has 3 aromatic rings. The summed E-state index contributed by atoms with van der Waals surface area (Å²) in [4.78, 5) is 14.6. The summed E-state index contributed by atoms with van der Waals surface area (Å²) in [6.45, 7) is 4.54. The predicted molar refractivity (Wildman–Crippen MR) is 105 cm³/mol. The molecule has 0 saturated carbocycles. The number of carbonyl (C=O) groups excluding carboxylic acids is 1. The van der Waals surface area contributed by atoms with Gasteiger partial charge in [-0.1, -0.05) is 48.6 Å². The second kappa shape index (κ2) is 9.34. The Morgan fingerprint density at radius 1 is 1.07 bits per heavy atom. The highest BCUT2D eigenvalue weighted by atomic mass is 32.1. The Balaban J connectivity index is 1.62. The molecule has 140 valence electrons. The maximum absolute atomic E-state index is 13.0. The molecule has 0 aliphatic heterocycles. The minimum Gasteiger partial charge on any atom is -0.320 e. The fourth-order valence-electron chi connectivity index (χ4n) is 2.69. The molecule has 0 spiro atoms. The van der Waals surface area contributed by atoms with E-state index < -0.39 is 0 Å². The van der Waals surface area contributed by atoms with Crippen LogP contribution in [-0.2, 0) is 13.1 Å². The van der Waals surface area contributed by atoms with Crippen molar-refractivity contribution in [3.05, 3.63) is 76.0 Å². The lowest BCUT2D eigenvalue weighted by atomic mass is 10.2. The summed E-state index contributed by atoms with van der Waals surface area (Å²) in [7, 11) is 0. The van der Waals surface area contributed by atoms with E-state index in [4.69, 9.17) is 0 Å². The van der Waals surface area contributed by atoms with Crippen molar-refractivity contribution in [1.82, 2.24) is 15.1 Å². The van der Waals surface area contributed by atoms with Crippen molar-refractivity contribution in [3.63, 3.8) is 0 Å². The van der Waals surface area contributed by atoms with Crippen LogP contribution in [0.4, 0.5) is 10.1 Å². The van der Waals surface area contributed by atoms with E-state index >= 15 is 0 Å². The van der Waals surface area contributed by atoms with Gasteiger partial charge in [-0.15, -0.1) is 10.2 Å². The second-order valence-corrected chi connectivity index (χ2v) is 7.22. The number of anilines is 1. The molecule has 27 heavy (non-hydrogen) atoms. The summed E-state index contributed by atoms with van der Waals surface area (Å²) in [5.41, 5.74) is 1.76. The van der Waals surface area contributed by atoms with Gasteiger partial charge in [0.25, 0.3) is 5.91 Å². The zero-order valence-corrected chi connectivity index (χ0v) is 15.9. The summed E-state index contributed by atoms with van der Waals surface area (Å²) in [5.74, 6) is -0.684. The molecular weight excluding hydrogens is 363 g/mol. The van der Waals surface area contributed by atoms with Crippen molar-refractivity contribution in [2.24, 2.45) is 0 Å². The van der Waals surface area contributed by atoms with E-state index in [9.17, 15) is 9.18 Å². The second-order valence-electron chi connectivity index (χ2n) is 6.16. The number of amides is 1. The highest BCUT2D eigenvalue weighted by Gasteiger charge is 2.15. The molecule has 0 unspecified atom stereocenters. The number of aromatic nitrogens is 2. The van der Waals surface area contributed by atoms with Gasteiger partial charge in [0, 0.05) is 12.2 Å². The zero-order valence-electron chi connectivity index (χ0n) is 15.1. The number of halogens is 1. The molecule has 0 aliphatic carbocycles. The van der Waals surface area contributed by atoms with Crippen LogP contribution in [-0.4, -0.2) is 27.5 Å². The molecule has 1 N–H and O–H groups in total. The van der Waals surface area contributed by atoms with Crippen LogP contribution in [0.15, 0.2) is 54.6 Å². The first kappa shape index (κ1) is 19.1. The monoisotopic (exact) mass is 384 g/mol. The normalized spacial score (nSPS) is 10.9. The maximum Gasteiger partial charge on any atom is 0.286 e. The van der Waals surface area contributed by atoms with Gasteiger partial charge in [-0.3, -0.25) is 9.69 Å². The average Bonchev–Trinajstić information content (AvgIpc) is 3.13. The molecule has 2 aromatic carbocycles. The Labute approximate surface area is 161 Å². The van der Waals surface area contributed by atoms with E-state index in [1.54, 1.807) is 0 Å². The van der Waals surface area contributed by atoms with Crippen molar-refractivity contribution < 1.29 is 9.18 Å². The molecule has 0 radical (unpaired) electrons. The van der Waals surface area contributed by atoms with Crippen molar-refractivity contribution in [2.75, 3.05) is 11.9 Å². The van der Waals surface area contributed by atoms with Crippen LogP contribution in [0.25, 0.3) is 0 Å². The molecule has 0 atom stereocenters. The molecule has 0 saturated heterocycles. The van der Waals surface area contributed by atoms with Gasteiger partial charge in [0.05, 0.1) is 6.54 Å². The third kappa shape index (κ3) is 5.67. The fraction of sp³-hybridized carbons (Fsp3) is 0.250. The Bertz CT molecular complexity index is 867. The SMILES string of the molecule is CCCN(Cc1ccccc1)Cc1nnc(C(=O)Nc2ccc(F)cc2)s1. The molecule has 3 rings (SSSR count). The van der Waals surface area contributed by atoms with Gasteiger partial charge < -0.3 is 5.32 Å². The van der Waals surface area contributed by atoms with Crippen molar-refractivity contribution in [1.29, 1.82) is 0 Å². The van der Waals surface area contributed by atoms with Crippen LogP contribution in [0.1, 0.15) is 33.7 Å². The number of benzene rings is 2. The van der Waals surface area contributed by atoms with E-state index in [2.05, 4.69) is 39.5 Å². The molecule has 0 fully saturated rings. The van der Waals surface area contributed by atoms with Gasteiger partial charge in [-0.2, -0.15) is 0 Å². The minimum absolute atomic E-state index is 0.297. The first-order valence-corrected chi connectivity index (χ1v) is 9.61. The smallest absolute Gasteiger partial charge is 0.286 e. The van der Waals surface area contributed by atoms with Crippen LogP contribution < -0.4 is 5.32 Å². The van der Waals surface area contributed by atoms with E-state index in [1.165, 1.54) is 41.2 Å². The van der Waals surface area contributed by atoms with Gasteiger partial charge in [-0.05, 0) is 42.8 Å². The lowest BCUT2D eigenvalue weighted by Gasteiger charge is -2.20. The Hall–Kier alpha value is -2.64. The highest BCUT2D eigenvalue weighted by molar-refractivity contribution is 7.13. The number of carbonyl (C=O) groups is 1. The molecule has 7 heteroatoms. The average molecular weight is 384 g/mol. The molecule has 5 nitrogen and oxygen atoms in total. The van der Waals surface area contributed by atoms with E-state index in [1.807, 2.05) is 18.2 Å². The van der Waals surface area contributed by atoms with Crippen molar-refractivity contribution in [3.8, 4) is 0 Å². The summed E-state index contributed by atoms with van der Waals surface area (Å²) in [6, 6.07) is 15.9. The fourth-order valence-corrected chi connectivity index (χ4v) is 3.47. The third-order valence-corrected chi connectivity index (χ3v) is 4.82. The highest BCUT2D eigenvalue weighted by Crippen LogP contribution is 2.17. The van der Waals surface area contributed by atoms with Crippen molar-refractivity contribution >= 4 is 22.9 Å². The number of hydrogen-bond donors (Lipinski definition) is 1. The first-order chi connectivity index (χ1) is 13.1. The lowest BCUT2D eigenvalue weighted by molar-refractivity contribution is 0.102. The Morgan fingerprint density at radius 3 is 2.52 bits per heavy atom. The zero-order chi connectivity index (χ0) is 19.1. The minimum atomic E-state index is -0.347. The topological polar surface area (TPSA) is 58.1 Å². The molecule has 1 aromatic heterocycles. The summed E-state index contributed by atoms with van der Waals surface area (Å²) in [6.07, 6.45) is 1.03. The molecule has 0 bridgehead atoms. The number of rotatable bonds is 8. The van der Waals surface area contributed by atoms with Crippen LogP contribution in [0.5, 0.6) is 0 Å². The Kier molecular flexibility index (Phi) is 6.62.